The topological polar surface area (TPSA) is 58.2 Å². The first kappa shape index (κ1) is 15.6. The molecule has 0 unspecified atom stereocenters. The summed E-state index contributed by atoms with van der Waals surface area (Å²) in [4.78, 5) is 23.4. The maximum absolute atomic E-state index is 13.4. The zero-order valence-electron chi connectivity index (χ0n) is 11.6. The molecule has 0 fully saturated rings. The van der Waals surface area contributed by atoms with E-state index in [1.165, 1.54) is 6.07 Å². The van der Waals surface area contributed by atoms with E-state index in [0.717, 1.165) is 12.1 Å². The minimum absolute atomic E-state index is 0.0651. The van der Waals surface area contributed by atoms with Crippen LogP contribution in [-0.4, -0.2) is 18.4 Å². The standard InChI is InChI=1S/C16H14F2N2O2/c17-12-7-4-8-13(18)15(12)20-14(21)9-10-19-16(22)11-5-2-1-3-6-11/h1-8H,9-10H2,(H,19,22)(H,20,21). The van der Waals surface area contributed by atoms with Crippen LogP contribution < -0.4 is 10.6 Å². The Hall–Kier alpha value is -2.76. The van der Waals surface area contributed by atoms with Gasteiger partial charge in [0.1, 0.15) is 17.3 Å². The molecule has 0 aliphatic rings. The van der Waals surface area contributed by atoms with Gasteiger partial charge in [-0.1, -0.05) is 24.3 Å². The van der Waals surface area contributed by atoms with Crippen LogP contribution in [0.4, 0.5) is 14.5 Å². The van der Waals surface area contributed by atoms with Crippen LogP contribution in [0.5, 0.6) is 0 Å². The summed E-state index contributed by atoms with van der Waals surface area (Å²) in [5.41, 5.74) is -0.00931. The van der Waals surface area contributed by atoms with Gasteiger partial charge in [-0.2, -0.15) is 0 Å². The maximum Gasteiger partial charge on any atom is 0.251 e. The largest absolute Gasteiger partial charge is 0.352 e. The lowest BCUT2D eigenvalue weighted by atomic mass is 10.2. The Morgan fingerprint density at radius 2 is 1.55 bits per heavy atom. The van der Waals surface area contributed by atoms with Crippen molar-refractivity contribution in [2.75, 3.05) is 11.9 Å². The van der Waals surface area contributed by atoms with E-state index in [9.17, 15) is 18.4 Å². The van der Waals surface area contributed by atoms with E-state index in [1.807, 2.05) is 0 Å². The van der Waals surface area contributed by atoms with Crippen molar-refractivity contribution in [3.63, 3.8) is 0 Å². The molecular weight excluding hydrogens is 290 g/mol. The lowest BCUT2D eigenvalue weighted by Crippen LogP contribution is -2.27. The molecular formula is C16H14F2N2O2. The van der Waals surface area contributed by atoms with Crippen molar-refractivity contribution in [1.82, 2.24) is 5.32 Å². The molecule has 0 atom stereocenters. The van der Waals surface area contributed by atoms with Crippen molar-refractivity contribution in [3.05, 3.63) is 65.7 Å². The van der Waals surface area contributed by atoms with Crippen molar-refractivity contribution in [2.45, 2.75) is 6.42 Å². The van der Waals surface area contributed by atoms with Crippen molar-refractivity contribution in [3.8, 4) is 0 Å². The molecule has 0 bridgehead atoms. The normalized spacial score (nSPS) is 10.1. The molecule has 2 aromatic rings. The Morgan fingerprint density at radius 1 is 0.909 bits per heavy atom. The van der Waals surface area contributed by atoms with Gasteiger partial charge in [-0.05, 0) is 24.3 Å². The van der Waals surface area contributed by atoms with Crippen LogP contribution >= 0.6 is 0 Å². The molecule has 6 heteroatoms. The van der Waals surface area contributed by atoms with Crippen molar-refractivity contribution >= 4 is 17.5 Å². The number of benzene rings is 2. The first-order valence-corrected chi connectivity index (χ1v) is 6.65. The Bertz CT molecular complexity index is 655. The van der Waals surface area contributed by atoms with Crippen LogP contribution in [0.2, 0.25) is 0 Å². The second-order valence-electron chi connectivity index (χ2n) is 4.52. The molecule has 2 aromatic carbocycles. The molecule has 0 saturated carbocycles. The van der Waals surface area contributed by atoms with E-state index in [0.29, 0.717) is 5.56 Å². The molecule has 0 saturated heterocycles. The molecule has 0 aliphatic carbocycles. The van der Waals surface area contributed by atoms with Crippen molar-refractivity contribution in [1.29, 1.82) is 0 Å². The number of anilines is 1. The van der Waals surface area contributed by atoms with Gasteiger partial charge < -0.3 is 10.6 Å². The fourth-order valence-corrected chi connectivity index (χ4v) is 1.80. The van der Waals surface area contributed by atoms with Crippen LogP contribution in [0.1, 0.15) is 16.8 Å². The molecule has 2 N–H and O–H groups in total. The fourth-order valence-electron chi connectivity index (χ4n) is 1.80. The van der Waals surface area contributed by atoms with E-state index in [4.69, 9.17) is 0 Å². The highest BCUT2D eigenvalue weighted by molar-refractivity contribution is 5.95. The van der Waals surface area contributed by atoms with E-state index in [2.05, 4.69) is 10.6 Å². The third-order valence-corrected chi connectivity index (χ3v) is 2.90. The van der Waals surface area contributed by atoms with E-state index in [1.54, 1.807) is 30.3 Å². The summed E-state index contributed by atoms with van der Waals surface area (Å²) in [6.07, 6.45) is -0.0909. The Kier molecular flexibility index (Phi) is 5.19. The average Bonchev–Trinajstić information content (AvgIpc) is 2.52. The number of halogens is 2. The quantitative estimate of drug-likeness (QED) is 0.892. The summed E-state index contributed by atoms with van der Waals surface area (Å²) in [6.45, 7) is 0.0651. The first-order valence-electron chi connectivity index (χ1n) is 6.65. The van der Waals surface area contributed by atoms with Gasteiger partial charge in [-0.3, -0.25) is 9.59 Å². The molecule has 114 valence electrons. The minimum atomic E-state index is -0.846. The van der Waals surface area contributed by atoms with Crippen molar-refractivity contribution in [2.24, 2.45) is 0 Å². The van der Waals surface area contributed by atoms with Gasteiger partial charge in [0.15, 0.2) is 0 Å². The zero-order valence-corrected chi connectivity index (χ0v) is 11.6. The third-order valence-electron chi connectivity index (χ3n) is 2.90. The number of carbonyl (C=O) groups is 2. The van der Waals surface area contributed by atoms with E-state index < -0.39 is 23.2 Å². The smallest absolute Gasteiger partial charge is 0.251 e. The highest BCUT2D eigenvalue weighted by Crippen LogP contribution is 2.17. The number of carbonyl (C=O) groups excluding carboxylic acids is 2. The van der Waals surface area contributed by atoms with Gasteiger partial charge in [0.2, 0.25) is 5.91 Å². The van der Waals surface area contributed by atoms with Crippen molar-refractivity contribution < 1.29 is 18.4 Å². The molecule has 0 aromatic heterocycles. The van der Waals surface area contributed by atoms with Crippen LogP contribution in [-0.2, 0) is 4.79 Å². The predicted molar refractivity (Wildman–Crippen MR) is 78.4 cm³/mol. The Morgan fingerprint density at radius 3 is 2.18 bits per heavy atom. The monoisotopic (exact) mass is 304 g/mol. The number of amides is 2. The van der Waals surface area contributed by atoms with Gasteiger partial charge in [-0.15, -0.1) is 0 Å². The van der Waals surface area contributed by atoms with Gasteiger partial charge in [0, 0.05) is 18.5 Å². The molecule has 0 spiro atoms. The molecule has 4 nitrogen and oxygen atoms in total. The van der Waals surface area contributed by atoms with Crippen LogP contribution in [0.3, 0.4) is 0 Å². The lowest BCUT2D eigenvalue weighted by Gasteiger charge is -2.08. The Balaban J connectivity index is 1.82. The van der Waals surface area contributed by atoms with E-state index >= 15 is 0 Å². The summed E-state index contributed by atoms with van der Waals surface area (Å²) >= 11 is 0. The molecule has 22 heavy (non-hydrogen) atoms. The molecule has 0 radical (unpaired) electrons. The van der Waals surface area contributed by atoms with Gasteiger partial charge in [0.05, 0.1) is 0 Å². The number of nitrogens with one attached hydrogen (secondary N) is 2. The zero-order chi connectivity index (χ0) is 15.9. The SMILES string of the molecule is O=C(CCNC(=O)c1ccccc1)Nc1c(F)cccc1F. The van der Waals surface area contributed by atoms with Crippen LogP contribution in [0.25, 0.3) is 0 Å². The highest BCUT2D eigenvalue weighted by Gasteiger charge is 2.12. The molecule has 0 aliphatic heterocycles. The predicted octanol–water partition coefficient (Wildman–Crippen LogP) is 2.72. The van der Waals surface area contributed by atoms with Gasteiger partial charge in [0.25, 0.3) is 5.91 Å². The third kappa shape index (κ3) is 4.12. The minimum Gasteiger partial charge on any atom is -0.352 e. The lowest BCUT2D eigenvalue weighted by molar-refractivity contribution is -0.116. The fraction of sp³-hybridized carbons (Fsp3) is 0.125. The van der Waals surface area contributed by atoms with Gasteiger partial charge in [-0.25, -0.2) is 8.78 Å². The van der Waals surface area contributed by atoms with Gasteiger partial charge >= 0.3 is 0 Å². The number of para-hydroxylation sites is 1. The number of rotatable bonds is 5. The van der Waals surface area contributed by atoms with Crippen LogP contribution in [0.15, 0.2) is 48.5 Å². The summed E-state index contributed by atoms with van der Waals surface area (Å²) in [5.74, 6) is -2.59. The average molecular weight is 304 g/mol. The second-order valence-corrected chi connectivity index (χ2v) is 4.52. The second kappa shape index (κ2) is 7.31. The Labute approximate surface area is 126 Å². The summed E-state index contributed by atoms with van der Waals surface area (Å²) < 4.78 is 26.7. The number of hydrogen-bond donors (Lipinski definition) is 2. The summed E-state index contributed by atoms with van der Waals surface area (Å²) in [6, 6.07) is 11.8. The molecule has 2 amide bonds. The summed E-state index contributed by atoms with van der Waals surface area (Å²) in [7, 11) is 0. The van der Waals surface area contributed by atoms with Crippen LogP contribution in [0, 0.1) is 11.6 Å². The highest BCUT2D eigenvalue weighted by atomic mass is 19.1. The molecule has 0 heterocycles. The van der Waals surface area contributed by atoms with E-state index in [-0.39, 0.29) is 18.9 Å². The maximum atomic E-state index is 13.4. The summed E-state index contributed by atoms with van der Waals surface area (Å²) in [5, 5.41) is 4.71. The molecule has 2 rings (SSSR count). The first-order chi connectivity index (χ1) is 10.6. The number of hydrogen-bond acceptors (Lipinski definition) is 2.